The Morgan fingerprint density at radius 3 is 2.06 bits per heavy atom. The van der Waals surface area contributed by atoms with E-state index in [1.165, 1.54) is 0 Å². The predicted molar refractivity (Wildman–Crippen MR) is 48.9 cm³/mol. The monoisotopic (exact) mass is 267 g/mol. The van der Waals surface area contributed by atoms with Crippen molar-refractivity contribution < 1.29 is 33.0 Å². The summed E-state index contributed by atoms with van der Waals surface area (Å²) in [6, 6.07) is 0. The smallest absolute Gasteiger partial charge is 0.435 e. The van der Waals surface area contributed by atoms with Gasteiger partial charge in [0.25, 0.3) is 0 Å². The van der Waals surface area contributed by atoms with Gasteiger partial charge in [-0.25, -0.2) is 14.3 Å². The Morgan fingerprint density at radius 2 is 1.72 bits per heavy atom. The molecular weight excluding hydrogens is 259 g/mol. The van der Waals surface area contributed by atoms with E-state index in [-0.39, 0.29) is 4.68 Å². The fourth-order valence-electron chi connectivity index (χ4n) is 1.16. The summed E-state index contributed by atoms with van der Waals surface area (Å²) in [5.41, 5.74) is -5.12. The van der Waals surface area contributed by atoms with Crippen molar-refractivity contribution in [2.24, 2.45) is 0 Å². The maximum absolute atomic E-state index is 12.7. The SMILES string of the molecule is CC(C)(C(=O)O)n1nnc(C(=O)O)c1C(F)(F)F. The zero-order chi connectivity index (χ0) is 14.3. The first kappa shape index (κ1) is 13.9. The quantitative estimate of drug-likeness (QED) is 0.839. The second kappa shape index (κ2) is 3.96. The van der Waals surface area contributed by atoms with Crippen LogP contribution in [0.5, 0.6) is 0 Å². The van der Waals surface area contributed by atoms with E-state index in [1.807, 2.05) is 0 Å². The summed E-state index contributed by atoms with van der Waals surface area (Å²) in [5, 5.41) is 23.3. The Morgan fingerprint density at radius 1 is 1.22 bits per heavy atom. The zero-order valence-electron chi connectivity index (χ0n) is 9.19. The van der Waals surface area contributed by atoms with Crippen LogP contribution in [0, 0.1) is 0 Å². The molecule has 0 aromatic carbocycles. The number of aromatic nitrogens is 3. The molecule has 0 aliphatic carbocycles. The highest BCUT2D eigenvalue weighted by molar-refractivity contribution is 5.87. The Bertz CT molecular complexity index is 506. The van der Waals surface area contributed by atoms with Crippen LogP contribution in [0.4, 0.5) is 13.2 Å². The van der Waals surface area contributed by atoms with Gasteiger partial charge in [0.15, 0.2) is 11.2 Å². The molecule has 0 atom stereocenters. The normalized spacial score (nSPS) is 12.5. The van der Waals surface area contributed by atoms with Gasteiger partial charge >= 0.3 is 18.1 Å². The van der Waals surface area contributed by atoms with E-state index in [9.17, 15) is 22.8 Å². The number of aliphatic carboxylic acids is 1. The summed E-state index contributed by atoms with van der Waals surface area (Å²) < 4.78 is 38.3. The molecule has 0 unspecified atom stereocenters. The Balaban J connectivity index is 3.58. The second-order valence-corrected chi connectivity index (χ2v) is 3.87. The Kier molecular flexibility index (Phi) is 3.07. The first-order valence-corrected chi connectivity index (χ1v) is 4.49. The van der Waals surface area contributed by atoms with Gasteiger partial charge in [-0.15, -0.1) is 5.10 Å². The van der Waals surface area contributed by atoms with Gasteiger partial charge in [-0.1, -0.05) is 5.21 Å². The van der Waals surface area contributed by atoms with Crippen molar-refractivity contribution in [1.82, 2.24) is 15.0 Å². The van der Waals surface area contributed by atoms with Crippen molar-refractivity contribution in [1.29, 1.82) is 0 Å². The molecule has 1 aromatic heterocycles. The van der Waals surface area contributed by atoms with Gasteiger partial charge in [0, 0.05) is 0 Å². The maximum atomic E-state index is 12.7. The summed E-state index contributed by atoms with van der Waals surface area (Å²) in [4.78, 5) is 21.5. The fraction of sp³-hybridized carbons (Fsp3) is 0.500. The standard InChI is InChI=1S/C8H8F3N3O4/c1-7(2,6(17)18)14-4(8(9,10)11)3(5(15)16)12-13-14/h1-2H3,(H,15,16)(H,17,18). The first-order chi connectivity index (χ1) is 7.99. The summed E-state index contributed by atoms with van der Waals surface area (Å²) >= 11 is 0. The molecule has 2 N–H and O–H groups in total. The van der Waals surface area contributed by atoms with Crippen LogP contribution in [-0.2, 0) is 16.5 Å². The number of alkyl halides is 3. The minimum atomic E-state index is -5.08. The molecule has 1 aromatic rings. The number of halogens is 3. The van der Waals surface area contributed by atoms with E-state index >= 15 is 0 Å². The zero-order valence-corrected chi connectivity index (χ0v) is 9.19. The fourth-order valence-corrected chi connectivity index (χ4v) is 1.16. The molecule has 7 nitrogen and oxygen atoms in total. The number of carboxylic acid groups (broad SMARTS) is 2. The van der Waals surface area contributed by atoms with Crippen LogP contribution in [0.1, 0.15) is 30.0 Å². The summed E-state index contributed by atoms with van der Waals surface area (Å²) in [6.07, 6.45) is -5.08. The highest BCUT2D eigenvalue weighted by Crippen LogP contribution is 2.34. The molecule has 0 saturated heterocycles. The molecule has 0 radical (unpaired) electrons. The van der Waals surface area contributed by atoms with E-state index in [0.29, 0.717) is 0 Å². The number of hydrogen-bond donors (Lipinski definition) is 2. The van der Waals surface area contributed by atoms with Crippen LogP contribution >= 0.6 is 0 Å². The molecule has 0 aliphatic heterocycles. The number of rotatable bonds is 3. The molecule has 0 spiro atoms. The highest BCUT2D eigenvalue weighted by Gasteiger charge is 2.46. The van der Waals surface area contributed by atoms with Crippen LogP contribution in [0.15, 0.2) is 0 Å². The molecule has 0 saturated carbocycles. The second-order valence-electron chi connectivity index (χ2n) is 3.87. The summed E-state index contributed by atoms with van der Waals surface area (Å²) in [7, 11) is 0. The molecule has 0 bridgehead atoms. The molecule has 18 heavy (non-hydrogen) atoms. The molecule has 1 heterocycles. The summed E-state index contributed by atoms with van der Waals surface area (Å²) in [6.45, 7) is 1.90. The lowest BCUT2D eigenvalue weighted by Crippen LogP contribution is -2.39. The lowest BCUT2D eigenvalue weighted by Gasteiger charge is -2.22. The van der Waals surface area contributed by atoms with Gasteiger partial charge in [0.2, 0.25) is 5.69 Å². The van der Waals surface area contributed by atoms with Crippen molar-refractivity contribution in [3.05, 3.63) is 11.4 Å². The van der Waals surface area contributed by atoms with Crippen LogP contribution < -0.4 is 0 Å². The van der Waals surface area contributed by atoms with Gasteiger partial charge in [0.05, 0.1) is 0 Å². The van der Waals surface area contributed by atoms with E-state index < -0.39 is 35.0 Å². The van der Waals surface area contributed by atoms with Gasteiger partial charge in [-0.3, -0.25) is 0 Å². The Labute approximate surface area is 97.8 Å². The maximum Gasteiger partial charge on any atom is 0.435 e. The van der Waals surface area contributed by atoms with Crippen molar-refractivity contribution in [3.63, 3.8) is 0 Å². The molecular formula is C8H8F3N3O4. The van der Waals surface area contributed by atoms with Gasteiger partial charge in [0.1, 0.15) is 0 Å². The van der Waals surface area contributed by atoms with Gasteiger partial charge < -0.3 is 10.2 Å². The molecule has 0 aliphatic rings. The summed E-state index contributed by atoms with van der Waals surface area (Å²) in [5.74, 6) is -3.54. The molecule has 0 amide bonds. The minimum absolute atomic E-state index is 0.0405. The number of nitrogens with zero attached hydrogens (tertiary/aromatic N) is 3. The van der Waals surface area contributed by atoms with Gasteiger partial charge in [-0.2, -0.15) is 13.2 Å². The van der Waals surface area contributed by atoms with E-state index in [0.717, 1.165) is 13.8 Å². The number of hydrogen-bond acceptors (Lipinski definition) is 4. The average molecular weight is 267 g/mol. The van der Waals surface area contributed by atoms with Gasteiger partial charge in [-0.05, 0) is 13.8 Å². The third-order valence-electron chi connectivity index (χ3n) is 2.19. The third kappa shape index (κ3) is 2.13. The molecule has 0 fully saturated rings. The lowest BCUT2D eigenvalue weighted by atomic mass is 10.1. The number of carbonyl (C=O) groups is 2. The van der Waals surface area contributed by atoms with Crippen LogP contribution in [-0.4, -0.2) is 37.1 Å². The van der Waals surface area contributed by atoms with E-state index in [2.05, 4.69) is 10.3 Å². The van der Waals surface area contributed by atoms with Crippen molar-refractivity contribution in [3.8, 4) is 0 Å². The third-order valence-corrected chi connectivity index (χ3v) is 2.19. The number of aromatic carboxylic acids is 1. The molecule has 1 rings (SSSR count). The largest absolute Gasteiger partial charge is 0.479 e. The van der Waals surface area contributed by atoms with Crippen molar-refractivity contribution in [2.75, 3.05) is 0 Å². The molecule has 100 valence electrons. The van der Waals surface area contributed by atoms with Crippen LogP contribution in [0.2, 0.25) is 0 Å². The van der Waals surface area contributed by atoms with Crippen molar-refractivity contribution >= 4 is 11.9 Å². The predicted octanol–water partition coefficient (Wildman–Crippen LogP) is 0.815. The Hall–Kier alpha value is -2.13. The highest BCUT2D eigenvalue weighted by atomic mass is 19.4. The van der Waals surface area contributed by atoms with Crippen LogP contribution in [0.3, 0.4) is 0 Å². The minimum Gasteiger partial charge on any atom is -0.479 e. The molecule has 10 heteroatoms. The first-order valence-electron chi connectivity index (χ1n) is 4.49. The lowest BCUT2D eigenvalue weighted by molar-refractivity contribution is -0.154. The number of carboxylic acids is 2. The van der Waals surface area contributed by atoms with Crippen LogP contribution in [0.25, 0.3) is 0 Å². The topological polar surface area (TPSA) is 105 Å². The van der Waals surface area contributed by atoms with E-state index in [1.54, 1.807) is 0 Å². The van der Waals surface area contributed by atoms with E-state index in [4.69, 9.17) is 10.2 Å². The average Bonchev–Trinajstić information content (AvgIpc) is 2.60. The van der Waals surface area contributed by atoms with Crippen molar-refractivity contribution in [2.45, 2.75) is 25.6 Å².